The number of H-pyrrole nitrogens is 1. The predicted molar refractivity (Wildman–Crippen MR) is 78.2 cm³/mol. The van der Waals surface area contributed by atoms with Gasteiger partial charge in [0.05, 0.1) is 16.3 Å². The highest BCUT2D eigenvalue weighted by Gasteiger charge is 2.31. The number of fused-ring (bicyclic) bond motifs is 1. The smallest absolute Gasteiger partial charge is 0.244 e. The first kappa shape index (κ1) is 14.5. The number of rotatable bonds is 4. The van der Waals surface area contributed by atoms with Gasteiger partial charge in [-0.1, -0.05) is 12.1 Å². The van der Waals surface area contributed by atoms with Crippen LogP contribution in [0.2, 0.25) is 0 Å². The second-order valence-electron chi connectivity index (χ2n) is 4.87. The number of anilines is 1. The van der Waals surface area contributed by atoms with Gasteiger partial charge in [0.15, 0.2) is 9.84 Å². The number of carbonyl (C=O) groups excluding carboxylic acids is 1. The van der Waals surface area contributed by atoms with E-state index in [2.05, 4.69) is 15.3 Å². The molecule has 1 aromatic heterocycles. The zero-order valence-electron chi connectivity index (χ0n) is 11.5. The van der Waals surface area contributed by atoms with E-state index in [9.17, 15) is 13.2 Å². The lowest BCUT2D eigenvalue weighted by atomic mass is 10.3. The van der Waals surface area contributed by atoms with E-state index >= 15 is 0 Å². The van der Waals surface area contributed by atoms with Crippen LogP contribution in [-0.4, -0.2) is 34.8 Å². The second kappa shape index (κ2) is 5.24. The number of benzene rings is 1. The van der Waals surface area contributed by atoms with Crippen molar-refractivity contribution in [2.75, 3.05) is 5.32 Å². The Hall–Kier alpha value is -1.89. The third-order valence-electron chi connectivity index (χ3n) is 3.15. The number of hydrogen-bond donors (Lipinski definition) is 2. The lowest BCUT2D eigenvalue weighted by Crippen LogP contribution is -2.36. The van der Waals surface area contributed by atoms with E-state index in [0.717, 1.165) is 5.52 Å². The third kappa shape index (κ3) is 2.67. The number of nitrogens with zero attached hydrogens (tertiary/aromatic N) is 1. The lowest BCUT2D eigenvalue weighted by molar-refractivity contribution is -0.115. The highest BCUT2D eigenvalue weighted by Crippen LogP contribution is 2.15. The maximum Gasteiger partial charge on any atom is 0.244 e. The molecule has 20 heavy (non-hydrogen) atoms. The summed E-state index contributed by atoms with van der Waals surface area (Å²) in [7, 11) is -3.48. The van der Waals surface area contributed by atoms with E-state index in [1.165, 1.54) is 6.92 Å². The van der Waals surface area contributed by atoms with Crippen molar-refractivity contribution >= 4 is 32.7 Å². The Balaban J connectivity index is 2.19. The summed E-state index contributed by atoms with van der Waals surface area (Å²) in [4.78, 5) is 19.1. The van der Waals surface area contributed by atoms with Gasteiger partial charge in [0.1, 0.15) is 5.25 Å². The standard InChI is InChI=1S/C13H17N3O3S/c1-8(2)20(18,19)9(3)12(17)16-13-14-10-6-4-5-7-11(10)15-13/h4-9H,1-3H3,(H2,14,15,16,17)/t9-/m0/s1. The summed E-state index contributed by atoms with van der Waals surface area (Å²) in [6.45, 7) is 4.49. The fraction of sp³-hybridized carbons (Fsp3) is 0.385. The summed E-state index contributed by atoms with van der Waals surface area (Å²) in [5.74, 6) is -0.334. The van der Waals surface area contributed by atoms with Crippen molar-refractivity contribution in [2.45, 2.75) is 31.3 Å². The van der Waals surface area contributed by atoms with E-state index in [0.29, 0.717) is 5.52 Å². The number of sulfone groups is 1. The molecule has 1 atom stereocenters. The molecule has 0 radical (unpaired) electrons. The predicted octanol–water partition coefficient (Wildman–Crippen LogP) is 1.71. The second-order valence-corrected chi connectivity index (χ2v) is 7.70. The largest absolute Gasteiger partial charge is 0.324 e. The summed E-state index contributed by atoms with van der Waals surface area (Å²) in [5, 5.41) is 0.794. The summed E-state index contributed by atoms with van der Waals surface area (Å²) in [6, 6.07) is 7.31. The molecule has 1 amide bonds. The number of para-hydroxylation sites is 2. The summed E-state index contributed by atoms with van der Waals surface area (Å²) >= 11 is 0. The molecule has 0 saturated carbocycles. The fourth-order valence-corrected chi connectivity index (χ4v) is 2.96. The van der Waals surface area contributed by atoms with Crippen molar-refractivity contribution in [2.24, 2.45) is 0 Å². The van der Waals surface area contributed by atoms with Crippen LogP contribution in [0.15, 0.2) is 24.3 Å². The molecule has 108 valence electrons. The molecular weight excluding hydrogens is 278 g/mol. The molecule has 0 aliphatic carbocycles. The number of amides is 1. The average molecular weight is 295 g/mol. The van der Waals surface area contributed by atoms with Crippen LogP contribution in [0, 0.1) is 0 Å². The van der Waals surface area contributed by atoms with Gasteiger partial charge in [0, 0.05) is 0 Å². The average Bonchev–Trinajstić information content (AvgIpc) is 2.79. The van der Waals surface area contributed by atoms with Crippen molar-refractivity contribution in [1.82, 2.24) is 9.97 Å². The fourth-order valence-electron chi connectivity index (χ4n) is 1.79. The molecule has 6 nitrogen and oxygen atoms in total. The molecule has 1 heterocycles. The Kier molecular flexibility index (Phi) is 3.80. The molecule has 0 saturated heterocycles. The van der Waals surface area contributed by atoms with Crippen LogP contribution in [0.3, 0.4) is 0 Å². The van der Waals surface area contributed by atoms with Crippen molar-refractivity contribution in [3.8, 4) is 0 Å². The molecule has 7 heteroatoms. The van der Waals surface area contributed by atoms with Crippen molar-refractivity contribution in [1.29, 1.82) is 0 Å². The quantitative estimate of drug-likeness (QED) is 0.898. The van der Waals surface area contributed by atoms with Gasteiger partial charge in [0.2, 0.25) is 11.9 Å². The van der Waals surface area contributed by atoms with Crippen LogP contribution in [-0.2, 0) is 14.6 Å². The molecule has 1 aromatic carbocycles. The lowest BCUT2D eigenvalue weighted by Gasteiger charge is -2.14. The first-order valence-electron chi connectivity index (χ1n) is 6.30. The number of aromatic nitrogens is 2. The van der Waals surface area contributed by atoms with Crippen LogP contribution >= 0.6 is 0 Å². The summed E-state index contributed by atoms with van der Waals surface area (Å²) in [5.41, 5.74) is 1.49. The van der Waals surface area contributed by atoms with Gasteiger partial charge in [0.25, 0.3) is 0 Å². The Morgan fingerprint density at radius 2 is 1.90 bits per heavy atom. The number of hydrogen-bond acceptors (Lipinski definition) is 4. The first-order chi connectivity index (χ1) is 9.32. The van der Waals surface area contributed by atoms with Gasteiger partial charge < -0.3 is 4.98 Å². The van der Waals surface area contributed by atoms with Crippen molar-refractivity contribution < 1.29 is 13.2 Å². The minimum atomic E-state index is -3.48. The maximum absolute atomic E-state index is 12.0. The minimum Gasteiger partial charge on any atom is -0.324 e. The highest BCUT2D eigenvalue weighted by molar-refractivity contribution is 7.93. The number of nitrogens with one attached hydrogen (secondary N) is 2. The van der Waals surface area contributed by atoms with Crippen molar-refractivity contribution in [3.05, 3.63) is 24.3 Å². The number of imidazole rings is 1. The summed E-state index contributed by atoms with van der Waals surface area (Å²) in [6.07, 6.45) is 0. The van der Waals surface area contributed by atoms with Gasteiger partial charge in [-0.25, -0.2) is 13.4 Å². The van der Waals surface area contributed by atoms with Gasteiger partial charge in [-0.15, -0.1) is 0 Å². The Morgan fingerprint density at radius 3 is 2.50 bits per heavy atom. The van der Waals surface area contributed by atoms with E-state index in [-0.39, 0.29) is 5.95 Å². The normalized spacial score (nSPS) is 13.6. The van der Waals surface area contributed by atoms with E-state index in [1.807, 2.05) is 18.2 Å². The number of carbonyl (C=O) groups is 1. The minimum absolute atomic E-state index is 0.252. The highest BCUT2D eigenvalue weighted by atomic mass is 32.2. The number of aromatic amines is 1. The molecule has 0 fully saturated rings. The van der Waals surface area contributed by atoms with Crippen LogP contribution in [0.25, 0.3) is 11.0 Å². The molecule has 2 N–H and O–H groups in total. The SMILES string of the molecule is CC(C)S(=O)(=O)[C@@H](C)C(=O)Nc1nc2ccccc2[nH]1. The Bertz CT molecular complexity index is 701. The molecule has 2 aromatic rings. The van der Waals surface area contributed by atoms with Crippen LogP contribution in [0.5, 0.6) is 0 Å². The Labute approximate surface area is 117 Å². The van der Waals surface area contributed by atoms with E-state index < -0.39 is 26.2 Å². The zero-order valence-corrected chi connectivity index (χ0v) is 12.4. The van der Waals surface area contributed by atoms with Crippen LogP contribution < -0.4 is 5.32 Å². The maximum atomic E-state index is 12.0. The van der Waals surface area contributed by atoms with Crippen LogP contribution in [0.4, 0.5) is 5.95 Å². The van der Waals surface area contributed by atoms with E-state index in [1.54, 1.807) is 19.9 Å². The van der Waals surface area contributed by atoms with Gasteiger partial charge >= 0.3 is 0 Å². The molecule has 0 unspecified atom stereocenters. The summed E-state index contributed by atoms with van der Waals surface area (Å²) < 4.78 is 23.9. The molecule has 0 spiro atoms. The first-order valence-corrected chi connectivity index (χ1v) is 7.91. The zero-order chi connectivity index (χ0) is 14.9. The van der Waals surface area contributed by atoms with E-state index in [4.69, 9.17) is 0 Å². The van der Waals surface area contributed by atoms with Crippen molar-refractivity contribution in [3.63, 3.8) is 0 Å². The molecular formula is C13H17N3O3S. The van der Waals surface area contributed by atoms with Crippen LogP contribution in [0.1, 0.15) is 20.8 Å². The third-order valence-corrected chi connectivity index (χ3v) is 5.66. The molecule has 0 aliphatic rings. The van der Waals surface area contributed by atoms with Gasteiger partial charge in [-0.05, 0) is 32.9 Å². The van der Waals surface area contributed by atoms with Gasteiger partial charge in [-0.2, -0.15) is 0 Å². The Morgan fingerprint density at radius 1 is 1.25 bits per heavy atom. The molecule has 0 aliphatic heterocycles. The molecule has 0 bridgehead atoms. The topological polar surface area (TPSA) is 91.9 Å². The van der Waals surface area contributed by atoms with Gasteiger partial charge in [-0.3, -0.25) is 10.1 Å². The monoisotopic (exact) mass is 295 g/mol. The molecule has 2 rings (SSSR count).